The van der Waals surface area contributed by atoms with Crippen molar-refractivity contribution in [3.63, 3.8) is 0 Å². The van der Waals surface area contributed by atoms with Gasteiger partial charge >= 0.3 is 18.0 Å². The van der Waals surface area contributed by atoms with Crippen molar-refractivity contribution >= 4 is 34.1 Å². The molecule has 4 aromatic rings. The maximum Gasteiger partial charge on any atom is 0.431 e. The number of aryl methyl sites for hydroxylation is 1. The molecule has 0 aliphatic carbocycles. The first-order valence-electron chi connectivity index (χ1n) is 9.45. The van der Waals surface area contributed by atoms with Crippen molar-refractivity contribution in [2.45, 2.75) is 34.1 Å². The van der Waals surface area contributed by atoms with Crippen LogP contribution in [0.3, 0.4) is 0 Å². The molecular formula is C22H13F6NO3S2. The van der Waals surface area contributed by atoms with Gasteiger partial charge in [0, 0.05) is 28.1 Å². The summed E-state index contributed by atoms with van der Waals surface area (Å²) in [6, 6.07) is 13.4. The third-order valence-electron chi connectivity index (χ3n) is 5.02. The van der Waals surface area contributed by atoms with Crippen molar-refractivity contribution in [1.29, 1.82) is 0 Å². The van der Waals surface area contributed by atoms with E-state index in [1.54, 1.807) is 12.1 Å². The molecule has 0 amide bonds. The summed E-state index contributed by atoms with van der Waals surface area (Å²) in [6.07, 6.45) is -11.6. The minimum absolute atomic E-state index is 0.0684. The molecule has 12 heteroatoms. The second kappa shape index (κ2) is 8.43. The van der Waals surface area contributed by atoms with Crippen molar-refractivity contribution < 1.29 is 35.9 Å². The molecule has 0 aliphatic rings. The van der Waals surface area contributed by atoms with Crippen LogP contribution in [0.1, 0.15) is 10.4 Å². The van der Waals surface area contributed by atoms with Crippen LogP contribution in [-0.4, -0.2) is 22.4 Å². The molecule has 34 heavy (non-hydrogen) atoms. The van der Waals surface area contributed by atoms with Crippen molar-refractivity contribution in [2.24, 2.45) is 0 Å². The number of hydrogen-bond donors (Lipinski definition) is 1. The second-order valence-corrected chi connectivity index (χ2v) is 9.60. The van der Waals surface area contributed by atoms with E-state index in [2.05, 4.69) is 4.98 Å². The van der Waals surface area contributed by atoms with Gasteiger partial charge in [-0.25, -0.2) is 9.78 Å². The summed E-state index contributed by atoms with van der Waals surface area (Å²) in [5.41, 5.74) is -3.11. The van der Waals surface area contributed by atoms with Gasteiger partial charge in [-0.3, -0.25) is 0 Å². The van der Waals surface area contributed by atoms with E-state index in [1.807, 2.05) is 31.2 Å². The normalized spacial score (nSPS) is 12.9. The van der Waals surface area contributed by atoms with Crippen LogP contribution in [-0.2, 0) is 5.60 Å². The van der Waals surface area contributed by atoms with Gasteiger partial charge in [0.15, 0.2) is 4.34 Å². The zero-order chi connectivity index (χ0) is 24.9. The zero-order valence-electron chi connectivity index (χ0n) is 17.0. The summed E-state index contributed by atoms with van der Waals surface area (Å²) >= 11 is 0.839. The molecule has 178 valence electrons. The van der Waals surface area contributed by atoms with Gasteiger partial charge in [0.1, 0.15) is 5.58 Å². The van der Waals surface area contributed by atoms with Gasteiger partial charge in [-0.15, -0.1) is 11.3 Å². The van der Waals surface area contributed by atoms with Crippen LogP contribution >= 0.6 is 23.1 Å². The predicted molar refractivity (Wildman–Crippen MR) is 115 cm³/mol. The van der Waals surface area contributed by atoms with Crippen LogP contribution in [0.4, 0.5) is 26.3 Å². The Morgan fingerprint density at radius 1 is 0.971 bits per heavy atom. The molecule has 2 heterocycles. The van der Waals surface area contributed by atoms with Crippen molar-refractivity contribution in [1.82, 2.24) is 4.98 Å². The lowest BCUT2D eigenvalue weighted by Gasteiger charge is -2.30. The molecule has 0 radical (unpaired) electrons. The molecule has 4 rings (SSSR count). The Kier molecular flexibility index (Phi) is 6.03. The molecule has 0 aliphatic heterocycles. The summed E-state index contributed by atoms with van der Waals surface area (Å²) < 4.78 is 83.7. The van der Waals surface area contributed by atoms with Gasteiger partial charge in [0.2, 0.25) is 0 Å². The van der Waals surface area contributed by atoms with Crippen LogP contribution < -0.4 is 5.63 Å². The van der Waals surface area contributed by atoms with Crippen LogP contribution in [0, 0.1) is 6.92 Å². The Morgan fingerprint density at radius 3 is 2.29 bits per heavy atom. The van der Waals surface area contributed by atoms with E-state index in [4.69, 9.17) is 4.42 Å². The van der Waals surface area contributed by atoms with E-state index in [9.17, 15) is 36.2 Å². The average Bonchev–Trinajstić information content (AvgIpc) is 3.19. The third kappa shape index (κ3) is 4.21. The number of fused-ring (bicyclic) bond motifs is 1. The van der Waals surface area contributed by atoms with Crippen LogP contribution in [0.25, 0.3) is 22.1 Å². The lowest BCUT2D eigenvalue weighted by molar-refractivity contribution is -0.375. The van der Waals surface area contributed by atoms with Crippen molar-refractivity contribution in [2.75, 3.05) is 0 Å². The van der Waals surface area contributed by atoms with E-state index in [0.717, 1.165) is 22.9 Å². The predicted octanol–water partition coefficient (Wildman–Crippen LogP) is 6.69. The Bertz CT molecular complexity index is 1410. The highest BCUT2D eigenvalue weighted by atomic mass is 32.2. The Labute approximate surface area is 195 Å². The van der Waals surface area contributed by atoms with E-state index in [1.165, 1.54) is 12.1 Å². The van der Waals surface area contributed by atoms with Gasteiger partial charge < -0.3 is 9.52 Å². The molecule has 0 unspecified atom stereocenters. The standard InChI is InChI=1S/C22H13F6NO3S2/c1-11-4-2-3-5-13(11)15-9-18(30)32-16-8-12(6-7-14(15)16)33-19-29-10-17(34-19)20(31,21(23,24)25)22(26,27)28/h2-10,31H,1H3. The van der Waals surface area contributed by atoms with Crippen LogP contribution in [0.15, 0.2) is 73.2 Å². The SMILES string of the molecule is Cc1ccccc1-c1cc(=O)oc2cc(Sc3ncc(C(O)(C(F)(F)F)C(F)(F)F)s3)ccc12. The number of aromatic nitrogens is 1. The van der Waals surface area contributed by atoms with E-state index >= 15 is 0 Å². The lowest BCUT2D eigenvalue weighted by atomic mass is 9.98. The molecule has 2 aromatic heterocycles. The second-order valence-electron chi connectivity index (χ2n) is 7.25. The first-order chi connectivity index (χ1) is 15.8. The van der Waals surface area contributed by atoms with Crippen LogP contribution in [0.2, 0.25) is 0 Å². The van der Waals surface area contributed by atoms with E-state index in [-0.39, 0.29) is 21.3 Å². The van der Waals surface area contributed by atoms with Gasteiger partial charge in [0.25, 0.3) is 5.60 Å². The first-order valence-corrected chi connectivity index (χ1v) is 11.1. The Morgan fingerprint density at radius 2 is 1.65 bits per heavy atom. The van der Waals surface area contributed by atoms with Gasteiger partial charge in [-0.1, -0.05) is 36.0 Å². The zero-order valence-corrected chi connectivity index (χ0v) is 18.6. The minimum Gasteiger partial charge on any atom is -0.423 e. The summed E-state index contributed by atoms with van der Waals surface area (Å²) in [5.74, 6) is 0. The number of halogens is 6. The highest BCUT2D eigenvalue weighted by molar-refractivity contribution is 8.01. The fraction of sp³-hybridized carbons (Fsp3) is 0.182. The number of hydrogen-bond acceptors (Lipinski definition) is 6. The highest BCUT2D eigenvalue weighted by Gasteiger charge is 2.72. The number of benzene rings is 2. The fourth-order valence-electron chi connectivity index (χ4n) is 3.32. The number of alkyl halides is 6. The van der Waals surface area contributed by atoms with E-state index in [0.29, 0.717) is 22.0 Å². The summed E-state index contributed by atoms with van der Waals surface area (Å²) in [6.45, 7) is 1.88. The monoisotopic (exact) mass is 517 g/mol. The van der Waals surface area contributed by atoms with Gasteiger partial charge in [-0.05, 0) is 36.2 Å². The summed E-state index contributed by atoms with van der Waals surface area (Å²) in [7, 11) is 0. The molecular weight excluding hydrogens is 504 g/mol. The molecule has 0 atom stereocenters. The topological polar surface area (TPSA) is 63.3 Å². The molecule has 0 saturated carbocycles. The Hall–Kier alpha value is -2.83. The number of rotatable bonds is 4. The maximum absolute atomic E-state index is 13.1. The number of nitrogens with zero attached hydrogens (tertiary/aromatic N) is 1. The lowest BCUT2D eigenvalue weighted by Crippen LogP contribution is -2.53. The third-order valence-corrected chi connectivity index (χ3v) is 7.19. The molecule has 0 spiro atoms. The molecule has 0 fully saturated rings. The smallest absolute Gasteiger partial charge is 0.423 e. The highest BCUT2D eigenvalue weighted by Crippen LogP contribution is 2.52. The molecule has 0 bridgehead atoms. The van der Waals surface area contributed by atoms with Crippen LogP contribution in [0.5, 0.6) is 0 Å². The van der Waals surface area contributed by atoms with Gasteiger partial charge in [-0.2, -0.15) is 26.3 Å². The van der Waals surface area contributed by atoms with Crippen molar-refractivity contribution in [3.8, 4) is 11.1 Å². The fourth-order valence-corrected chi connectivity index (χ4v) is 5.43. The van der Waals surface area contributed by atoms with Crippen molar-refractivity contribution in [3.05, 3.63) is 75.6 Å². The first kappa shape index (κ1) is 24.3. The minimum atomic E-state index is -5.99. The quantitative estimate of drug-likeness (QED) is 0.242. The number of thiazole rings is 1. The molecule has 2 aromatic carbocycles. The number of aliphatic hydroxyl groups is 1. The Balaban J connectivity index is 1.72. The summed E-state index contributed by atoms with van der Waals surface area (Å²) in [4.78, 5) is 14.7. The average molecular weight is 517 g/mol. The molecule has 0 saturated heterocycles. The van der Waals surface area contributed by atoms with E-state index < -0.39 is 28.5 Å². The molecule has 4 nitrogen and oxygen atoms in total. The largest absolute Gasteiger partial charge is 0.431 e. The molecule has 1 N–H and O–H groups in total. The maximum atomic E-state index is 13.1. The summed E-state index contributed by atoms with van der Waals surface area (Å²) in [5, 5.41) is 10.1. The van der Waals surface area contributed by atoms with Gasteiger partial charge in [0.05, 0.1) is 4.88 Å².